The van der Waals surface area contributed by atoms with E-state index in [1.807, 2.05) is 19.9 Å². The van der Waals surface area contributed by atoms with Gasteiger partial charge in [0.05, 0.1) is 30.1 Å². The minimum Gasteiger partial charge on any atom is -0.380 e. The van der Waals surface area contributed by atoms with Gasteiger partial charge in [-0.15, -0.1) is 0 Å². The standard InChI is InChI=1S/C29H33FN2O3/c1-5-7-8-18-9-10-19-16(3)23(30)12-24-27(19)26(18)21-13-32-25(28(21)31-24)11-20(17(6-2)14-33)22(15-35-4)29(32)34/h11-12,14,17-18H,5-10,13,15H2,1-4H3. The number of halogens is 1. The molecule has 0 fully saturated rings. The van der Waals surface area contributed by atoms with Crippen LogP contribution < -0.4 is 5.56 Å². The lowest BCUT2D eigenvalue weighted by Crippen LogP contribution is -2.26. The molecule has 184 valence electrons. The molecule has 1 aliphatic carbocycles. The molecular formula is C29H33FN2O3. The fraction of sp³-hybridized carbons (Fsp3) is 0.483. The van der Waals surface area contributed by atoms with E-state index in [1.54, 1.807) is 17.7 Å². The molecule has 0 bridgehead atoms. The van der Waals surface area contributed by atoms with E-state index in [0.717, 1.165) is 66.3 Å². The Balaban J connectivity index is 1.82. The molecule has 0 saturated carbocycles. The Bertz CT molecular complexity index is 1390. The molecule has 2 unspecified atom stereocenters. The molecule has 0 saturated heterocycles. The number of nitrogens with zero attached hydrogens (tertiary/aromatic N) is 2. The first kappa shape index (κ1) is 23.9. The summed E-state index contributed by atoms with van der Waals surface area (Å²) >= 11 is 0. The lowest BCUT2D eigenvalue weighted by atomic mass is 9.76. The number of hydrogen-bond donors (Lipinski definition) is 0. The summed E-state index contributed by atoms with van der Waals surface area (Å²) in [6, 6.07) is 3.51. The molecule has 35 heavy (non-hydrogen) atoms. The molecule has 2 aliphatic rings. The van der Waals surface area contributed by atoms with Crippen molar-refractivity contribution in [2.45, 2.75) is 84.3 Å². The Morgan fingerprint density at radius 1 is 1.29 bits per heavy atom. The van der Waals surface area contributed by atoms with Gasteiger partial charge in [0.15, 0.2) is 0 Å². The van der Waals surface area contributed by atoms with Crippen molar-refractivity contribution in [1.82, 2.24) is 9.55 Å². The van der Waals surface area contributed by atoms with E-state index in [-0.39, 0.29) is 23.9 Å². The highest BCUT2D eigenvalue weighted by Gasteiger charge is 2.34. The number of aldehydes is 1. The van der Waals surface area contributed by atoms with Crippen molar-refractivity contribution in [2.24, 2.45) is 0 Å². The van der Waals surface area contributed by atoms with Gasteiger partial charge in [0, 0.05) is 35.6 Å². The number of aryl methyl sites for hydroxylation is 1. The number of benzene rings is 1. The maximum absolute atomic E-state index is 14.9. The summed E-state index contributed by atoms with van der Waals surface area (Å²) in [5, 5.41) is 1.09. The van der Waals surface area contributed by atoms with E-state index >= 15 is 0 Å². The summed E-state index contributed by atoms with van der Waals surface area (Å²) in [6.45, 7) is 6.62. The molecule has 2 aromatic heterocycles. The molecule has 0 amide bonds. The lowest BCUT2D eigenvalue weighted by Gasteiger charge is -2.29. The van der Waals surface area contributed by atoms with Crippen LogP contribution in [0.1, 0.15) is 91.2 Å². The van der Waals surface area contributed by atoms with Crippen LogP contribution in [0.15, 0.2) is 16.9 Å². The maximum Gasteiger partial charge on any atom is 0.257 e. The molecule has 1 aliphatic heterocycles. The molecule has 2 atom stereocenters. The number of carbonyl (C=O) groups is 1. The van der Waals surface area contributed by atoms with Crippen molar-refractivity contribution >= 4 is 17.2 Å². The van der Waals surface area contributed by atoms with Crippen LogP contribution in [0, 0.1) is 12.7 Å². The number of carbonyl (C=O) groups excluding carboxylic acids is 1. The molecule has 5 nitrogen and oxygen atoms in total. The highest BCUT2D eigenvalue weighted by atomic mass is 19.1. The fourth-order valence-electron chi connectivity index (χ4n) is 6.21. The number of rotatable bonds is 8. The smallest absolute Gasteiger partial charge is 0.257 e. The summed E-state index contributed by atoms with van der Waals surface area (Å²) in [4.78, 5) is 30.5. The molecule has 0 N–H and O–H groups in total. The average Bonchev–Trinajstić information content (AvgIpc) is 3.23. The Morgan fingerprint density at radius 2 is 2.09 bits per heavy atom. The molecular weight excluding hydrogens is 443 g/mol. The zero-order valence-corrected chi connectivity index (χ0v) is 21.0. The van der Waals surface area contributed by atoms with Crippen LogP contribution in [0.5, 0.6) is 0 Å². The zero-order valence-electron chi connectivity index (χ0n) is 21.0. The summed E-state index contributed by atoms with van der Waals surface area (Å²) in [5.74, 6) is -0.241. The zero-order chi connectivity index (χ0) is 24.9. The second-order valence-electron chi connectivity index (χ2n) is 10.0. The van der Waals surface area contributed by atoms with E-state index < -0.39 is 0 Å². The number of fused-ring (bicyclic) bond motifs is 4. The van der Waals surface area contributed by atoms with Crippen molar-refractivity contribution in [3.05, 3.63) is 61.7 Å². The van der Waals surface area contributed by atoms with E-state index in [0.29, 0.717) is 41.1 Å². The minimum atomic E-state index is -0.384. The van der Waals surface area contributed by atoms with Gasteiger partial charge in [-0.3, -0.25) is 4.79 Å². The predicted molar refractivity (Wildman–Crippen MR) is 136 cm³/mol. The van der Waals surface area contributed by atoms with Gasteiger partial charge in [-0.2, -0.15) is 0 Å². The van der Waals surface area contributed by atoms with Crippen molar-refractivity contribution in [3.8, 4) is 11.4 Å². The number of pyridine rings is 2. The predicted octanol–water partition coefficient (Wildman–Crippen LogP) is 5.93. The van der Waals surface area contributed by atoms with E-state index in [2.05, 4.69) is 6.92 Å². The molecule has 3 aromatic rings. The quantitative estimate of drug-likeness (QED) is 0.296. The van der Waals surface area contributed by atoms with Crippen LogP contribution in [0.2, 0.25) is 0 Å². The summed E-state index contributed by atoms with van der Waals surface area (Å²) < 4.78 is 22.0. The third-order valence-electron chi connectivity index (χ3n) is 8.09. The number of unbranched alkanes of at least 4 members (excludes halogenated alkanes) is 1. The Morgan fingerprint density at radius 3 is 2.77 bits per heavy atom. The fourth-order valence-corrected chi connectivity index (χ4v) is 6.21. The first-order chi connectivity index (χ1) is 16.9. The highest BCUT2D eigenvalue weighted by molar-refractivity contribution is 5.93. The second kappa shape index (κ2) is 9.30. The van der Waals surface area contributed by atoms with Gasteiger partial charge in [-0.25, -0.2) is 9.37 Å². The second-order valence-corrected chi connectivity index (χ2v) is 10.0. The van der Waals surface area contributed by atoms with Crippen molar-refractivity contribution in [1.29, 1.82) is 0 Å². The van der Waals surface area contributed by atoms with Gasteiger partial charge >= 0.3 is 0 Å². The molecule has 6 heteroatoms. The topological polar surface area (TPSA) is 61.2 Å². The first-order valence-electron chi connectivity index (χ1n) is 12.8. The molecule has 3 heterocycles. The van der Waals surface area contributed by atoms with Crippen LogP contribution >= 0.6 is 0 Å². The van der Waals surface area contributed by atoms with Gasteiger partial charge in [-0.1, -0.05) is 26.7 Å². The summed E-state index contributed by atoms with van der Waals surface area (Å²) in [6.07, 6.45) is 6.67. The number of ether oxygens (including phenoxy) is 1. The minimum absolute atomic E-state index is 0.127. The SMILES string of the molecule is CCCCC1CCc2c(C)c(F)cc3nc4c(c1c23)Cn1c-4cc(C(C=O)CC)c(COC)c1=O. The number of aromatic nitrogens is 2. The van der Waals surface area contributed by atoms with Gasteiger partial charge in [0.25, 0.3) is 5.56 Å². The van der Waals surface area contributed by atoms with Gasteiger partial charge in [0.2, 0.25) is 0 Å². The van der Waals surface area contributed by atoms with Crippen LogP contribution in [0.25, 0.3) is 22.3 Å². The molecule has 0 spiro atoms. The number of hydrogen-bond acceptors (Lipinski definition) is 4. The van der Waals surface area contributed by atoms with Crippen LogP contribution in [-0.2, 0) is 29.1 Å². The van der Waals surface area contributed by atoms with E-state index in [1.165, 1.54) is 5.56 Å². The maximum atomic E-state index is 14.9. The highest BCUT2D eigenvalue weighted by Crippen LogP contribution is 2.47. The van der Waals surface area contributed by atoms with Crippen LogP contribution in [0.3, 0.4) is 0 Å². The Labute approximate surface area is 205 Å². The molecule has 5 rings (SSSR count). The van der Waals surface area contributed by atoms with Crippen LogP contribution in [-0.4, -0.2) is 22.9 Å². The summed E-state index contributed by atoms with van der Waals surface area (Å²) in [7, 11) is 1.56. The third kappa shape index (κ3) is 3.65. The average molecular weight is 477 g/mol. The molecule has 1 aromatic carbocycles. The molecule has 0 radical (unpaired) electrons. The summed E-state index contributed by atoms with van der Waals surface area (Å²) in [5.41, 5.74) is 7.38. The Hall–Kier alpha value is -2.86. The largest absolute Gasteiger partial charge is 0.380 e. The Kier molecular flexibility index (Phi) is 6.34. The van der Waals surface area contributed by atoms with E-state index in [4.69, 9.17) is 9.72 Å². The van der Waals surface area contributed by atoms with Gasteiger partial charge in [0.1, 0.15) is 12.1 Å². The normalized spacial score (nSPS) is 16.9. The van der Waals surface area contributed by atoms with Crippen molar-refractivity contribution in [3.63, 3.8) is 0 Å². The third-order valence-corrected chi connectivity index (χ3v) is 8.09. The van der Waals surface area contributed by atoms with E-state index in [9.17, 15) is 14.0 Å². The van der Waals surface area contributed by atoms with Crippen molar-refractivity contribution in [2.75, 3.05) is 7.11 Å². The van der Waals surface area contributed by atoms with Gasteiger partial charge < -0.3 is 14.1 Å². The first-order valence-corrected chi connectivity index (χ1v) is 12.8. The van der Waals surface area contributed by atoms with Crippen molar-refractivity contribution < 1.29 is 13.9 Å². The van der Waals surface area contributed by atoms with Gasteiger partial charge in [-0.05, 0) is 66.8 Å². The van der Waals surface area contributed by atoms with Crippen LogP contribution in [0.4, 0.5) is 4.39 Å². The monoisotopic (exact) mass is 476 g/mol. The lowest BCUT2D eigenvalue weighted by molar-refractivity contribution is -0.109. The number of methoxy groups -OCH3 is 1.